The van der Waals surface area contributed by atoms with Gasteiger partial charge in [-0.2, -0.15) is 0 Å². The van der Waals surface area contributed by atoms with Gasteiger partial charge in [0.1, 0.15) is 18.3 Å². The third-order valence-corrected chi connectivity index (χ3v) is 3.91. The van der Waals surface area contributed by atoms with Crippen LogP contribution in [0.2, 0.25) is 0 Å². The number of para-hydroxylation sites is 2. The number of H-pyrrole nitrogens is 1. The lowest BCUT2D eigenvalue weighted by atomic mass is 10.1. The number of pyridine rings is 1. The number of nitrogens with one attached hydrogen (secondary N) is 2. The molecule has 3 rings (SSSR count). The number of aryl methyl sites for hydroxylation is 2. The number of carbonyl (C=O) groups excluding carboxylic acids is 1. The van der Waals surface area contributed by atoms with Crippen molar-refractivity contribution in [1.82, 2.24) is 10.3 Å². The second kappa shape index (κ2) is 6.78. The fourth-order valence-corrected chi connectivity index (χ4v) is 2.78. The van der Waals surface area contributed by atoms with Crippen LogP contribution in [0, 0.1) is 13.8 Å². The van der Waals surface area contributed by atoms with Crippen molar-refractivity contribution in [3.63, 3.8) is 0 Å². The molecular weight excluding hydrogens is 308 g/mol. The molecule has 6 heteroatoms. The Hall–Kier alpha value is -2.76. The average molecular weight is 328 g/mol. The number of benzene rings is 1. The summed E-state index contributed by atoms with van der Waals surface area (Å²) in [5.74, 6) is 1.08. The predicted octanol–water partition coefficient (Wildman–Crippen LogP) is 1.95. The molecule has 0 bridgehead atoms. The second-order valence-corrected chi connectivity index (χ2v) is 5.88. The lowest BCUT2D eigenvalue weighted by molar-refractivity contribution is 0.0812. The van der Waals surface area contributed by atoms with Gasteiger partial charge in [0.2, 0.25) is 0 Å². The number of amides is 1. The van der Waals surface area contributed by atoms with E-state index in [-0.39, 0.29) is 23.1 Å². The van der Waals surface area contributed by atoms with Gasteiger partial charge in [-0.1, -0.05) is 12.1 Å². The smallest absolute Gasteiger partial charge is 0.261 e. The largest absolute Gasteiger partial charge is 0.486 e. The van der Waals surface area contributed by atoms with Crippen molar-refractivity contribution in [2.45, 2.75) is 26.4 Å². The number of carbonyl (C=O) groups is 1. The van der Waals surface area contributed by atoms with Crippen molar-refractivity contribution >= 4 is 5.91 Å². The number of aromatic nitrogens is 1. The number of hydrogen-bond acceptors (Lipinski definition) is 4. The summed E-state index contributed by atoms with van der Waals surface area (Å²) in [6.07, 6.45) is 0.473. The number of hydrogen-bond donors (Lipinski definition) is 2. The summed E-state index contributed by atoms with van der Waals surface area (Å²) in [5.41, 5.74) is 1.20. The van der Waals surface area contributed by atoms with Crippen LogP contribution in [0.5, 0.6) is 11.5 Å². The van der Waals surface area contributed by atoms with E-state index in [1.807, 2.05) is 24.3 Å². The van der Waals surface area contributed by atoms with E-state index >= 15 is 0 Å². The Balaban J connectivity index is 1.56. The van der Waals surface area contributed by atoms with Gasteiger partial charge in [-0.05, 0) is 37.6 Å². The molecule has 0 fully saturated rings. The zero-order valence-corrected chi connectivity index (χ0v) is 13.7. The minimum Gasteiger partial charge on any atom is -0.486 e. The van der Waals surface area contributed by atoms with Crippen LogP contribution in [-0.4, -0.2) is 30.1 Å². The summed E-state index contributed by atoms with van der Waals surface area (Å²) in [6.45, 7) is 4.39. The Bertz CT molecular complexity index is 813. The normalized spacial score (nSPS) is 15.8. The second-order valence-electron chi connectivity index (χ2n) is 5.88. The Labute approximate surface area is 139 Å². The highest BCUT2D eigenvalue weighted by molar-refractivity contribution is 5.95. The van der Waals surface area contributed by atoms with E-state index in [4.69, 9.17) is 9.47 Å². The van der Waals surface area contributed by atoms with E-state index in [0.29, 0.717) is 30.9 Å². The van der Waals surface area contributed by atoms with Gasteiger partial charge in [-0.3, -0.25) is 9.59 Å². The summed E-state index contributed by atoms with van der Waals surface area (Å²) in [6, 6.07) is 9.28. The molecule has 2 N–H and O–H groups in total. The quantitative estimate of drug-likeness (QED) is 0.899. The Morgan fingerprint density at radius 2 is 2.04 bits per heavy atom. The first-order valence-corrected chi connectivity index (χ1v) is 7.92. The summed E-state index contributed by atoms with van der Waals surface area (Å²) >= 11 is 0. The Morgan fingerprint density at radius 3 is 2.79 bits per heavy atom. The van der Waals surface area contributed by atoms with Gasteiger partial charge >= 0.3 is 0 Å². The van der Waals surface area contributed by atoms with E-state index in [1.165, 1.54) is 0 Å². The molecule has 0 radical (unpaired) electrons. The Morgan fingerprint density at radius 1 is 1.29 bits per heavy atom. The summed E-state index contributed by atoms with van der Waals surface area (Å²) in [5, 5.41) is 2.78. The zero-order chi connectivity index (χ0) is 17.1. The molecule has 1 aliphatic heterocycles. The minimum absolute atomic E-state index is 0.127. The highest BCUT2D eigenvalue weighted by Gasteiger charge is 2.21. The standard InChI is InChI=1S/C18H20N2O4/c1-11-9-12(2)20-18(22)16(11)17(21)19-8-7-13-10-23-14-5-3-4-6-15(14)24-13/h3-6,9,13H,7-8,10H2,1-2H3,(H,19,21)(H,20,22)/t13-/m1/s1. The third-order valence-electron chi connectivity index (χ3n) is 3.91. The van der Waals surface area contributed by atoms with Gasteiger partial charge in [-0.15, -0.1) is 0 Å². The molecule has 1 amide bonds. The fraction of sp³-hybridized carbons (Fsp3) is 0.333. The van der Waals surface area contributed by atoms with Crippen LogP contribution in [0.4, 0.5) is 0 Å². The summed E-state index contributed by atoms with van der Waals surface area (Å²) in [7, 11) is 0. The van der Waals surface area contributed by atoms with Crippen molar-refractivity contribution in [2.75, 3.05) is 13.2 Å². The molecule has 2 aromatic rings. The fourth-order valence-electron chi connectivity index (χ4n) is 2.78. The van der Waals surface area contributed by atoms with E-state index in [1.54, 1.807) is 19.9 Å². The van der Waals surface area contributed by atoms with Crippen molar-refractivity contribution in [2.24, 2.45) is 0 Å². The van der Waals surface area contributed by atoms with Crippen molar-refractivity contribution in [1.29, 1.82) is 0 Å². The molecule has 6 nitrogen and oxygen atoms in total. The van der Waals surface area contributed by atoms with Gasteiger partial charge in [-0.25, -0.2) is 0 Å². The number of ether oxygens (including phenoxy) is 2. The third kappa shape index (κ3) is 3.42. The van der Waals surface area contributed by atoms with Gasteiger partial charge in [0.15, 0.2) is 11.5 Å². The van der Waals surface area contributed by atoms with Crippen LogP contribution in [0.3, 0.4) is 0 Å². The van der Waals surface area contributed by atoms with Crippen molar-refractivity contribution in [3.8, 4) is 11.5 Å². The maximum atomic E-state index is 12.2. The van der Waals surface area contributed by atoms with Gasteiger partial charge in [0.25, 0.3) is 11.5 Å². The van der Waals surface area contributed by atoms with Crippen LogP contribution in [0.25, 0.3) is 0 Å². The molecule has 1 aliphatic rings. The predicted molar refractivity (Wildman–Crippen MR) is 89.8 cm³/mol. The Kier molecular flexibility index (Phi) is 4.55. The number of aromatic amines is 1. The molecule has 2 heterocycles. The first-order chi connectivity index (χ1) is 11.5. The first kappa shape index (κ1) is 16.1. The van der Waals surface area contributed by atoms with Gasteiger partial charge < -0.3 is 19.8 Å². The molecule has 0 spiro atoms. The average Bonchev–Trinajstić information content (AvgIpc) is 2.54. The van der Waals surface area contributed by atoms with Crippen molar-refractivity contribution in [3.05, 3.63) is 57.5 Å². The van der Waals surface area contributed by atoms with Crippen LogP contribution in [0.1, 0.15) is 28.0 Å². The first-order valence-electron chi connectivity index (χ1n) is 7.92. The molecule has 1 atom stereocenters. The maximum absolute atomic E-state index is 12.2. The van der Waals surface area contributed by atoms with Crippen LogP contribution in [-0.2, 0) is 0 Å². The lowest BCUT2D eigenvalue weighted by Gasteiger charge is -2.26. The highest BCUT2D eigenvalue weighted by Crippen LogP contribution is 2.31. The van der Waals surface area contributed by atoms with Gasteiger partial charge in [0, 0.05) is 18.7 Å². The van der Waals surface area contributed by atoms with Crippen molar-refractivity contribution < 1.29 is 14.3 Å². The van der Waals surface area contributed by atoms with E-state index < -0.39 is 0 Å². The van der Waals surface area contributed by atoms with E-state index in [0.717, 1.165) is 11.4 Å². The molecule has 1 aromatic heterocycles. The summed E-state index contributed by atoms with van der Waals surface area (Å²) in [4.78, 5) is 26.8. The molecule has 24 heavy (non-hydrogen) atoms. The van der Waals surface area contributed by atoms with E-state index in [9.17, 15) is 9.59 Å². The summed E-state index contributed by atoms with van der Waals surface area (Å²) < 4.78 is 11.5. The maximum Gasteiger partial charge on any atom is 0.261 e. The number of rotatable bonds is 4. The van der Waals surface area contributed by atoms with Gasteiger partial charge in [0.05, 0.1) is 0 Å². The monoisotopic (exact) mass is 328 g/mol. The van der Waals surface area contributed by atoms with Crippen LogP contribution < -0.4 is 20.3 Å². The van der Waals surface area contributed by atoms with E-state index in [2.05, 4.69) is 10.3 Å². The molecule has 1 aromatic carbocycles. The van der Waals surface area contributed by atoms with Crippen LogP contribution in [0.15, 0.2) is 35.1 Å². The molecule has 126 valence electrons. The zero-order valence-electron chi connectivity index (χ0n) is 13.7. The van der Waals surface area contributed by atoms with Crippen LogP contribution >= 0.6 is 0 Å². The molecule has 0 aliphatic carbocycles. The SMILES string of the molecule is Cc1cc(C)c(C(=O)NCC[C@@H]2COc3ccccc3O2)c(=O)[nH]1. The minimum atomic E-state index is -0.370. The lowest BCUT2D eigenvalue weighted by Crippen LogP contribution is -2.36. The topological polar surface area (TPSA) is 80.4 Å². The molecule has 0 saturated carbocycles. The molecule has 0 saturated heterocycles. The molecular formula is C18H20N2O4. The highest BCUT2D eigenvalue weighted by atomic mass is 16.6. The number of fused-ring (bicyclic) bond motifs is 1. The molecule has 0 unspecified atom stereocenters.